The fraction of sp³-hybridized carbons (Fsp3) is 0.647. The first-order valence-corrected chi connectivity index (χ1v) is 8.00. The van der Waals surface area contributed by atoms with E-state index in [1.54, 1.807) is 0 Å². The molecule has 4 rings (SSSR count). The van der Waals surface area contributed by atoms with Gasteiger partial charge in [0.2, 0.25) is 0 Å². The minimum Gasteiger partial charge on any atom is -0.394 e. The SMILES string of the molecule is CC1(C)O[C@H]2O[C@H]([C@@H]3O[C@H]3CO)[C@H](OCc3ccccc3)[C@H]2O1. The summed E-state index contributed by atoms with van der Waals surface area (Å²) >= 11 is 0. The van der Waals surface area contributed by atoms with Gasteiger partial charge in [0.15, 0.2) is 12.1 Å². The van der Waals surface area contributed by atoms with E-state index >= 15 is 0 Å². The monoisotopic (exact) mass is 322 g/mol. The second-order valence-corrected chi connectivity index (χ2v) is 6.65. The fourth-order valence-electron chi connectivity index (χ4n) is 3.32. The van der Waals surface area contributed by atoms with Crippen molar-refractivity contribution < 1.29 is 28.8 Å². The summed E-state index contributed by atoms with van der Waals surface area (Å²) in [5.74, 6) is -0.685. The number of rotatable bonds is 5. The van der Waals surface area contributed by atoms with Gasteiger partial charge in [-0.25, -0.2) is 0 Å². The van der Waals surface area contributed by atoms with Crippen molar-refractivity contribution in [2.24, 2.45) is 0 Å². The van der Waals surface area contributed by atoms with Crippen LogP contribution in [-0.4, -0.2) is 54.3 Å². The summed E-state index contributed by atoms with van der Waals surface area (Å²) < 4.78 is 29.3. The van der Waals surface area contributed by atoms with Crippen molar-refractivity contribution in [3.8, 4) is 0 Å². The first-order chi connectivity index (χ1) is 11.1. The summed E-state index contributed by atoms with van der Waals surface area (Å²) in [5.41, 5.74) is 1.09. The van der Waals surface area contributed by atoms with E-state index in [4.69, 9.17) is 23.7 Å². The Bertz CT molecular complexity index is 547. The van der Waals surface area contributed by atoms with Crippen LogP contribution in [0.5, 0.6) is 0 Å². The largest absolute Gasteiger partial charge is 0.394 e. The van der Waals surface area contributed by atoms with E-state index in [-0.39, 0.29) is 37.1 Å². The average molecular weight is 322 g/mol. The highest BCUT2D eigenvalue weighted by Crippen LogP contribution is 2.43. The number of aliphatic hydroxyl groups is 1. The summed E-state index contributed by atoms with van der Waals surface area (Å²) in [4.78, 5) is 0. The van der Waals surface area contributed by atoms with Crippen LogP contribution in [0.2, 0.25) is 0 Å². The lowest BCUT2D eigenvalue weighted by atomic mass is 10.1. The molecule has 126 valence electrons. The second-order valence-electron chi connectivity index (χ2n) is 6.65. The van der Waals surface area contributed by atoms with E-state index in [0.29, 0.717) is 6.61 Å². The third-order valence-electron chi connectivity index (χ3n) is 4.44. The normalized spacial score (nSPS) is 41.0. The van der Waals surface area contributed by atoms with Crippen molar-refractivity contribution in [3.05, 3.63) is 35.9 Å². The first kappa shape index (κ1) is 15.5. The van der Waals surface area contributed by atoms with Gasteiger partial charge in [0, 0.05) is 0 Å². The Morgan fingerprint density at radius 1 is 1.04 bits per heavy atom. The first-order valence-electron chi connectivity index (χ1n) is 8.00. The number of epoxide rings is 1. The van der Waals surface area contributed by atoms with Crippen LogP contribution in [0.4, 0.5) is 0 Å². The van der Waals surface area contributed by atoms with E-state index in [1.807, 2.05) is 44.2 Å². The van der Waals surface area contributed by atoms with Gasteiger partial charge in [-0.15, -0.1) is 0 Å². The Labute approximate surface area is 135 Å². The van der Waals surface area contributed by atoms with Gasteiger partial charge >= 0.3 is 0 Å². The van der Waals surface area contributed by atoms with Crippen molar-refractivity contribution in [1.29, 1.82) is 0 Å². The molecule has 0 radical (unpaired) electrons. The topological polar surface area (TPSA) is 69.7 Å². The molecular formula is C17H22O6. The fourth-order valence-corrected chi connectivity index (χ4v) is 3.32. The molecule has 0 amide bonds. The van der Waals surface area contributed by atoms with Gasteiger partial charge in [0.25, 0.3) is 0 Å². The molecule has 3 fully saturated rings. The lowest BCUT2D eigenvalue weighted by molar-refractivity contribution is -0.221. The molecule has 0 aliphatic carbocycles. The maximum Gasteiger partial charge on any atom is 0.190 e. The lowest BCUT2D eigenvalue weighted by Gasteiger charge is -2.25. The van der Waals surface area contributed by atoms with Crippen molar-refractivity contribution in [1.82, 2.24) is 0 Å². The van der Waals surface area contributed by atoms with Crippen molar-refractivity contribution >= 4 is 0 Å². The maximum atomic E-state index is 9.23. The number of fused-ring (bicyclic) bond motifs is 1. The predicted octanol–water partition coefficient (Wildman–Crippen LogP) is 1.21. The zero-order valence-corrected chi connectivity index (χ0v) is 13.3. The Morgan fingerprint density at radius 2 is 1.83 bits per heavy atom. The van der Waals surface area contributed by atoms with Crippen LogP contribution in [0.1, 0.15) is 19.4 Å². The Kier molecular flexibility index (Phi) is 3.91. The van der Waals surface area contributed by atoms with Gasteiger partial charge < -0.3 is 28.8 Å². The summed E-state index contributed by atoms with van der Waals surface area (Å²) in [6.45, 7) is 4.18. The molecule has 0 saturated carbocycles. The van der Waals surface area contributed by atoms with Crippen LogP contribution in [0, 0.1) is 0 Å². The van der Waals surface area contributed by atoms with Crippen molar-refractivity contribution in [3.63, 3.8) is 0 Å². The van der Waals surface area contributed by atoms with Crippen LogP contribution in [0.3, 0.4) is 0 Å². The number of hydrogen-bond donors (Lipinski definition) is 1. The minimum atomic E-state index is -0.685. The maximum absolute atomic E-state index is 9.23. The molecule has 3 aliphatic rings. The van der Waals surface area contributed by atoms with Crippen LogP contribution in [-0.2, 0) is 30.3 Å². The Hall–Kier alpha value is -1.02. The molecule has 3 aliphatic heterocycles. The van der Waals surface area contributed by atoms with E-state index < -0.39 is 12.1 Å². The third-order valence-corrected chi connectivity index (χ3v) is 4.44. The van der Waals surface area contributed by atoms with Gasteiger partial charge in [-0.2, -0.15) is 0 Å². The third kappa shape index (κ3) is 3.03. The number of aliphatic hydroxyl groups excluding tert-OH is 1. The molecule has 0 aromatic heterocycles. The Balaban J connectivity index is 1.47. The number of ether oxygens (including phenoxy) is 5. The standard InChI is InChI=1S/C17H22O6/c1-17(2)22-15-13(19-9-10-6-4-3-5-7-10)14(21-16(15)23-17)12-11(8-18)20-12/h3-7,11-16,18H,8-9H2,1-2H3/t11-,12+,13-,14+,15+,16+/m0/s1. The molecule has 6 atom stereocenters. The highest BCUT2D eigenvalue weighted by atomic mass is 16.8. The summed E-state index contributed by atoms with van der Waals surface area (Å²) in [6.07, 6.45) is -1.68. The van der Waals surface area contributed by atoms with Crippen LogP contribution < -0.4 is 0 Å². The molecule has 0 unspecified atom stereocenters. The minimum absolute atomic E-state index is 0.0154. The zero-order chi connectivity index (χ0) is 16.0. The summed E-state index contributed by atoms with van der Waals surface area (Å²) in [5, 5.41) is 9.23. The smallest absolute Gasteiger partial charge is 0.190 e. The Morgan fingerprint density at radius 3 is 2.52 bits per heavy atom. The molecule has 1 aromatic carbocycles. The lowest BCUT2D eigenvalue weighted by Crippen LogP contribution is -2.40. The second kappa shape index (κ2) is 5.81. The molecule has 1 aromatic rings. The van der Waals surface area contributed by atoms with Crippen LogP contribution in [0.15, 0.2) is 30.3 Å². The molecular weight excluding hydrogens is 300 g/mol. The number of hydrogen-bond acceptors (Lipinski definition) is 6. The molecule has 3 saturated heterocycles. The quantitative estimate of drug-likeness (QED) is 0.822. The van der Waals surface area contributed by atoms with Gasteiger partial charge in [0.05, 0.1) is 13.2 Å². The van der Waals surface area contributed by atoms with Gasteiger partial charge in [-0.3, -0.25) is 0 Å². The van der Waals surface area contributed by atoms with E-state index in [2.05, 4.69) is 0 Å². The van der Waals surface area contributed by atoms with Crippen molar-refractivity contribution in [2.75, 3.05) is 6.61 Å². The molecule has 0 bridgehead atoms. The van der Waals surface area contributed by atoms with Gasteiger partial charge in [-0.1, -0.05) is 30.3 Å². The van der Waals surface area contributed by atoms with E-state index in [0.717, 1.165) is 5.56 Å². The molecule has 6 heteroatoms. The van der Waals surface area contributed by atoms with Crippen LogP contribution >= 0.6 is 0 Å². The summed E-state index contributed by atoms with van der Waals surface area (Å²) in [6, 6.07) is 9.97. The van der Waals surface area contributed by atoms with Gasteiger partial charge in [-0.05, 0) is 19.4 Å². The summed E-state index contributed by atoms with van der Waals surface area (Å²) in [7, 11) is 0. The highest BCUT2D eigenvalue weighted by molar-refractivity contribution is 5.14. The molecule has 3 heterocycles. The molecule has 1 N–H and O–H groups in total. The molecule has 23 heavy (non-hydrogen) atoms. The molecule has 6 nitrogen and oxygen atoms in total. The zero-order valence-electron chi connectivity index (χ0n) is 13.3. The predicted molar refractivity (Wildman–Crippen MR) is 79.5 cm³/mol. The molecule has 0 spiro atoms. The van der Waals surface area contributed by atoms with Gasteiger partial charge in [0.1, 0.15) is 30.5 Å². The van der Waals surface area contributed by atoms with Crippen molar-refractivity contribution in [2.45, 2.75) is 63.1 Å². The number of benzene rings is 1. The van der Waals surface area contributed by atoms with Crippen LogP contribution in [0.25, 0.3) is 0 Å². The average Bonchev–Trinajstić information content (AvgIpc) is 3.16. The van der Waals surface area contributed by atoms with E-state index in [9.17, 15) is 5.11 Å². The van der Waals surface area contributed by atoms with E-state index in [1.165, 1.54) is 0 Å². The highest BCUT2D eigenvalue weighted by Gasteiger charge is 2.61.